The highest BCUT2D eigenvalue weighted by Gasteiger charge is 2.32. The maximum absolute atomic E-state index is 13.1. The number of hydrogen-bond acceptors (Lipinski definition) is 7. The Labute approximate surface area is 231 Å². The van der Waals surface area contributed by atoms with Crippen LogP contribution in [0.15, 0.2) is 47.3 Å². The molecule has 1 atom stereocenters. The van der Waals surface area contributed by atoms with Crippen LogP contribution in [0.5, 0.6) is 23.0 Å². The van der Waals surface area contributed by atoms with Crippen LogP contribution in [-0.2, 0) is 6.42 Å². The number of ether oxygens (including phenoxy) is 4. The zero-order valence-electron chi connectivity index (χ0n) is 21.3. The Hall–Kier alpha value is -4.00. The number of benzene rings is 2. The second kappa shape index (κ2) is 11.6. The van der Waals surface area contributed by atoms with E-state index >= 15 is 0 Å². The molecule has 3 aromatic rings. The van der Waals surface area contributed by atoms with Crippen molar-refractivity contribution in [3.05, 3.63) is 74.4 Å². The largest absolute Gasteiger partial charge is 0.493 e. The van der Waals surface area contributed by atoms with Crippen molar-refractivity contribution in [1.29, 1.82) is 5.26 Å². The lowest BCUT2D eigenvalue weighted by Crippen LogP contribution is -2.33. The molecule has 0 amide bonds. The molecule has 0 fully saturated rings. The van der Waals surface area contributed by atoms with Gasteiger partial charge in [0.15, 0.2) is 22.4 Å². The number of rotatable bonds is 6. The predicted molar refractivity (Wildman–Crippen MR) is 151 cm³/mol. The third-order valence-corrected chi connectivity index (χ3v) is 7.03. The van der Waals surface area contributed by atoms with Crippen molar-refractivity contribution in [2.45, 2.75) is 18.9 Å². The van der Waals surface area contributed by atoms with E-state index in [9.17, 15) is 10.1 Å². The number of methoxy groups -OCH3 is 4. The van der Waals surface area contributed by atoms with Crippen LogP contribution >= 0.6 is 23.8 Å². The Morgan fingerprint density at radius 2 is 1.74 bits per heavy atom. The highest BCUT2D eigenvalue weighted by atomic mass is 35.5. The summed E-state index contributed by atoms with van der Waals surface area (Å²) in [5.41, 5.74) is 3.61. The molecule has 0 aromatic heterocycles. The molecule has 3 aromatic carbocycles. The molecule has 0 unspecified atom stereocenters. The minimum absolute atomic E-state index is 0.188. The molecule has 0 saturated carbocycles. The number of fused-ring (bicyclic) bond motifs is 3. The van der Waals surface area contributed by atoms with E-state index < -0.39 is 6.04 Å². The fourth-order valence-corrected chi connectivity index (χ4v) is 5.30. The van der Waals surface area contributed by atoms with Gasteiger partial charge in [-0.15, -0.1) is 0 Å². The van der Waals surface area contributed by atoms with E-state index in [0.717, 1.165) is 5.56 Å². The summed E-state index contributed by atoms with van der Waals surface area (Å²) in [5, 5.41) is 16.6. The number of halogens is 1. The lowest BCUT2D eigenvalue weighted by atomic mass is 9.95. The van der Waals surface area contributed by atoms with Gasteiger partial charge in [0.2, 0.25) is 11.2 Å². The first-order chi connectivity index (χ1) is 18.4. The Balaban J connectivity index is 1.90. The summed E-state index contributed by atoms with van der Waals surface area (Å²) < 4.78 is 22.4. The Kier molecular flexibility index (Phi) is 8.25. The lowest BCUT2D eigenvalue weighted by Gasteiger charge is -2.22. The van der Waals surface area contributed by atoms with Gasteiger partial charge >= 0.3 is 0 Å². The fraction of sp³-hybridized carbons (Fsp3) is 0.250. The van der Waals surface area contributed by atoms with Gasteiger partial charge in [0, 0.05) is 5.56 Å². The van der Waals surface area contributed by atoms with Gasteiger partial charge in [-0.05, 0) is 66.0 Å². The summed E-state index contributed by atoms with van der Waals surface area (Å²) >= 11 is 12.5. The van der Waals surface area contributed by atoms with Gasteiger partial charge in [-0.2, -0.15) is 5.26 Å². The minimum atomic E-state index is -0.394. The topological polar surface area (TPSA) is 102 Å². The number of anilines is 1. The predicted octanol–water partition coefficient (Wildman–Crippen LogP) is 5.25. The second-order valence-corrected chi connectivity index (χ2v) is 9.18. The molecule has 0 heterocycles. The lowest BCUT2D eigenvalue weighted by molar-refractivity contribution is 0.325. The van der Waals surface area contributed by atoms with Crippen LogP contribution in [0.25, 0.3) is 11.1 Å². The highest BCUT2D eigenvalue weighted by Crippen LogP contribution is 2.54. The molecule has 10 heteroatoms. The van der Waals surface area contributed by atoms with Crippen LogP contribution in [0, 0.1) is 11.3 Å². The smallest absolute Gasteiger partial charge is 0.220 e. The van der Waals surface area contributed by atoms with Gasteiger partial charge in [0.05, 0.1) is 50.8 Å². The first kappa shape index (κ1) is 27.0. The minimum Gasteiger partial charge on any atom is -0.493 e. The molecule has 8 nitrogen and oxygen atoms in total. The molecule has 0 spiro atoms. The summed E-state index contributed by atoms with van der Waals surface area (Å²) in [7, 11) is 6.02. The Morgan fingerprint density at radius 3 is 2.39 bits per heavy atom. The molecule has 1 aliphatic carbocycles. The quantitative estimate of drug-likeness (QED) is 0.398. The van der Waals surface area contributed by atoms with Gasteiger partial charge in [-0.1, -0.05) is 29.8 Å². The van der Waals surface area contributed by atoms with E-state index in [1.165, 1.54) is 27.4 Å². The SMILES string of the molecule is COc1c(Cl)c2c(c(OC)c1OC)-c1ccc(OC)c(=O)cc1[C@@H](NC(=S)Nc1ccccc1C#N)CC2. The van der Waals surface area contributed by atoms with Gasteiger partial charge in [-0.25, -0.2) is 0 Å². The van der Waals surface area contributed by atoms with Crippen molar-refractivity contribution in [1.82, 2.24) is 5.32 Å². The third kappa shape index (κ3) is 4.93. The molecule has 38 heavy (non-hydrogen) atoms. The van der Waals surface area contributed by atoms with Gasteiger partial charge < -0.3 is 29.6 Å². The number of thiocarbonyl (C=S) groups is 1. The van der Waals surface area contributed by atoms with Crippen LogP contribution in [0.3, 0.4) is 0 Å². The highest BCUT2D eigenvalue weighted by molar-refractivity contribution is 7.80. The van der Waals surface area contributed by atoms with E-state index in [2.05, 4.69) is 16.7 Å². The van der Waals surface area contributed by atoms with Crippen molar-refractivity contribution < 1.29 is 18.9 Å². The Morgan fingerprint density at radius 1 is 1.03 bits per heavy atom. The van der Waals surface area contributed by atoms with Crippen LogP contribution in [0.2, 0.25) is 5.02 Å². The third-order valence-electron chi connectivity index (χ3n) is 6.41. The van der Waals surface area contributed by atoms with E-state index in [1.54, 1.807) is 37.4 Å². The Bertz CT molecular complexity index is 1510. The summed E-state index contributed by atoms with van der Waals surface area (Å²) in [6.45, 7) is 0. The van der Waals surface area contributed by atoms with E-state index in [-0.39, 0.29) is 11.2 Å². The van der Waals surface area contributed by atoms with E-state index in [4.69, 9.17) is 42.8 Å². The zero-order chi connectivity index (χ0) is 27.4. The molecule has 0 aliphatic heterocycles. The summed E-state index contributed by atoms with van der Waals surface area (Å²) in [6, 6.07) is 13.8. The normalized spacial score (nSPS) is 13.6. The van der Waals surface area contributed by atoms with Crippen molar-refractivity contribution in [2.75, 3.05) is 33.8 Å². The molecular formula is C28H26ClN3O5S. The number of nitrogens with one attached hydrogen (secondary N) is 2. The number of para-hydroxylation sites is 1. The number of nitrogens with zero attached hydrogens (tertiary/aromatic N) is 1. The van der Waals surface area contributed by atoms with Gasteiger partial charge in [0.1, 0.15) is 6.07 Å². The van der Waals surface area contributed by atoms with Gasteiger partial charge in [-0.3, -0.25) is 4.79 Å². The molecule has 0 bridgehead atoms. The van der Waals surface area contributed by atoms with Crippen molar-refractivity contribution in [3.63, 3.8) is 0 Å². The molecular weight excluding hydrogens is 526 g/mol. The monoisotopic (exact) mass is 551 g/mol. The molecule has 2 N–H and O–H groups in total. The summed E-state index contributed by atoms with van der Waals surface area (Å²) in [5.74, 6) is 1.34. The van der Waals surface area contributed by atoms with Crippen LogP contribution < -0.4 is 35.0 Å². The average molecular weight is 552 g/mol. The van der Waals surface area contributed by atoms with Crippen molar-refractivity contribution in [3.8, 4) is 40.2 Å². The summed E-state index contributed by atoms with van der Waals surface area (Å²) in [4.78, 5) is 13.1. The van der Waals surface area contributed by atoms with Crippen molar-refractivity contribution in [2.24, 2.45) is 0 Å². The first-order valence-corrected chi connectivity index (χ1v) is 12.5. The van der Waals surface area contributed by atoms with Crippen LogP contribution in [-0.4, -0.2) is 33.6 Å². The molecule has 1 aliphatic rings. The van der Waals surface area contributed by atoms with E-state index in [0.29, 0.717) is 68.2 Å². The zero-order valence-corrected chi connectivity index (χ0v) is 22.9. The molecule has 4 rings (SSSR count). The summed E-state index contributed by atoms with van der Waals surface area (Å²) in [6.07, 6.45) is 1.05. The maximum Gasteiger partial charge on any atom is 0.220 e. The standard InChI is InChI=1S/C28H26ClN3O5S/c1-34-22-12-10-16-18(13-21(22)33)20(32-28(38)31-19-8-6-5-7-15(19)14-30)11-9-17-23(16)25(35-2)27(37-4)26(36-3)24(17)29/h5-8,10,12-13,20H,9,11H2,1-4H3,(H2,31,32,38)/t20-/m0/s1. The van der Waals surface area contributed by atoms with E-state index in [1.807, 2.05) is 6.07 Å². The second-order valence-electron chi connectivity index (χ2n) is 8.39. The first-order valence-electron chi connectivity index (χ1n) is 11.7. The number of nitriles is 1. The fourth-order valence-electron chi connectivity index (χ4n) is 4.69. The number of hydrogen-bond donors (Lipinski definition) is 2. The molecule has 0 saturated heterocycles. The maximum atomic E-state index is 13.1. The van der Waals surface area contributed by atoms with Crippen LogP contribution in [0.1, 0.15) is 29.2 Å². The molecule has 196 valence electrons. The van der Waals surface area contributed by atoms with Crippen LogP contribution in [0.4, 0.5) is 5.69 Å². The average Bonchev–Trinajstić information content (AvgIpc) is 3.17. The van der Waals surface area contributed by atoms with Gasteiger partial charge in [0.25, 0.3) is 0 Å². The molecule has 0 radical (unpaired) electrons. The van der Waals surface area contributed by atoms with Crippen molar-refractivity contribution >= 4 is 34.6 Å².